The molecule has 1 aliphatic heterocycles. The van der Waals surface area contributed by atoms with Gasteiger partial charge in [0.2, 0.25) is 0 Å². The highest BCUT2D eigenvalue weighted by molar-refractivity contribution is 5.94. The van der Waals surface area contributed by atoms with Crippen molar-refractivity contribution in [2.45, 2.75) is 18.9 Å². The average Bonchev–Trinajstić information content (AvgIpc) is 3.19. The molecule has 26 heavy (non-hydrogen) atoms. The molecule has 1 aliphatic carbocycles. The molecule has 1 saturated heterocycles. The second-order valence-corrected chi connectivity index (χ2v) is 7.15. The molecule has 8 nitrogen and oxygen atoms in total. The fraction of sp³-hybridized carbons (Fsp3) is 0.529. The van der Waals surface area contributed by atoms with Crippen LogP contribution in [0.25, 0.3) is 11.0 Å². The molecule has 2 fully saturated rings. The van der Waals surface area contributed by atoms with Crippen molar-refractivity contribution in [3.8, 4) is 0 Å². The molecular weight excluding hydrogens is 358 g/mol. The van der Waals surface area contributed by atoms with E-state index in [0.717, 1.165) is 17.4 Å². The largest absolute Gasteiger partial charge is 0.337 e. The van der Waals surface area contributed by atoms with E-state index < -0.39 is 11.2 Å². The van der Waals surface area contributed by atoms with Gasteiger partial charge in [-0.05, 0) is 36.8 Å². The Labute approximate surface area is 156 Å². The number of amides is 1. The molecule has 140 valence electrons. The number of hydrogen-bond acceptors (Lipinski definition) is 5. The number of likely N-dealkylation sites (tertiary alicyclic amines) is 1. The number of nitrogens with two attached hydrogens (primary N) is 1. The summed E-state index contributed by atoms with van der Waals surface area (Å²) in [5.74, 6) is 0.661. The number of fused-ring (bicyclic) bond motifs is 2. The maximum absolute atomic E-state index is 12.8. The van der Waals surface area contributed by atoms with Crippen molar-refractivity contribution in [2.75, 3.05) is 13.1 Å². The molecule has 0 radical (unpaired) electrons. The van der Waals surface area contributed by atoms with Crippen LogP contribution < -0.4 is 17.0 Å². The van der Waals surface area contributed by atoms with Gasteiger partial charge in [0, 0.05) is 33.2 Å². The molecule has 1 amide bonds. The lowest BCUT2D eigenvalue weighted by molar-refractivity contribution is 0.0774. The zero-order valence-corrected chi connectivity index (χ0v) is 15.5. The summed E-state index contributed by atoms with van der Waals surface area (Å²) in [7, 11) is 2.97. The molecule has 2 aromatic rings. The van der Waals surface area contributed by atoms with Crippen LogP contribution in [0, 0.1) is 11.8 Å². The number of aryl methyl sites for hydroxylation is 1. The van der Waals surface area contributed by atoms with Crippen LogP contribution in [0.4, 0.5) is 0 Å². The highest BCUT2D eigenvalue weighted by Crippen LogP contribution is 2.37. The molecular formula is C17H22ClN5O3. The number of aromatic nitrogens is 3. The molecule has 2 N–H and O–H groups in total. The minimum absolute atomic E-state index is 0. The molecule has 0 spiro atoms. The first-order chi connectivity index (χ1) is 11.9. The van der Waals surface area contributed by atoms with E-state index in [1.807, 2.05) is 0 Å². The van der Waals surface area contributed by atoms with E-state index in [2.05, 4.69) is 4.98 Å². The van der Waals surface area contributed by atoms with Crippen molar-refractivity contribution in [3.05, 3.63) is 38.7 Å². The van der Waals surface area contributed by atoms with E-state index in [9.17, 15) is 14.4 Å². The van der Waals surface area contributed by atoms with E-state index in [-0.39, 0.29) is 35.7 Å². The SMILES string of the molecule is Cl.Cn1c(=O)c2ccc(C(=O)N3CC4CCC(N)C4C3)nc2n(C)c1=O. The Morgan fingerprint density at radius 3 is 2.58 bits per heavy atom. The van der Waals surface area contributed by atoms with Gasteiger partial charge in [-0.25, -0.2) is 9.78 Å². The summed E-state index contributed by atoms with van der Waals surface area (Å²) >= 11 is 0. The molecule has 9 heteroatoms. The third-order valence-electron chi connectivity index (χ3n) is 5.72. The third kappa shape index (κ3) is 2.64. The van der Waals surface area contributed by atoms with Gasteiger partial charge in [-0.1, -0.05) is 0 Å². The smallest absolute Gasteiger partial charge is 0.332 e. The number of carbonyl (C=O) groups is 1. The van der Waals surface area contributed by atoms with E-state index in [1.165, 1.54) is 11.6 Å². The number of pyridine rings is 1. The molecule has 3 atom stereocenters. The van der Waals surface area contributed by atoms with Crippen LogP contribution in [-0.4, -0.2) is 44.1 Å². The fourth-order valence-electron chi connectivity index (χ4n) is 4.21. The quantitative estimate of drug-likeness (QED) is 0.743. The predicted molar refractivity (Wildman–Crippen MR) is 99.6 cm³/mol. The summed E-state index contributed by atoms with van der Waals surface area (Å²) in [6, 6.07) is 3.29. The topological polar surface area (TPSA) is 103 Å². The monoisotopic (exact) mass is 379 g/mol. The Morgan fingerprint density at radius 2 is 1.88 bits per heavy atom. The van der Waals surface area contributed by atoms with Crippen LogP contribution in [-0.2, 0) is 14.1 Å². The molecule has 2 aromatic heterocycles. The number of nitrogens with zero attached hydrogens (tertiary/aromatic N) is 4. The van der Waals surface area contributed by atoms with Crippen LogP contribution in [0.3, 0.4) is 0 Å². The van der Waals surface area contributed by atoms with E-state index >= 15 is 0 Å². The van der Waals surface area contributed by atoms with E-state index in [0.29, 0.717) is 30.3 Å². The van der Waals surface area contributed by atoms with E-state index in [4.69, 9.17) is 5.73 Å². The Hall–Kier alpha value is -2.19. The molecule has 0 aromatic carbocycles. The Bertz CT molecular complexity index is 998. The Kier molecular flexibility index (Phi) is 4.66. The first-order valence-corrected chi connectivity index (χ1v) is 8.50. The Morgan fingerprint density at radius 1 is 1.15 bits per heavy atom. The standard InChI is InChI=1S/C17H21N5O3.ClH/c1-20-14-10(15(23)21(2)17(20)25)4-6-13(19-14)16(24)22-7-9-3-5-12(18)11(9)8-22;/h4,6,9,11-12H,3,5,7-8,18H2,1-2H3;1H. The zero-order chi connectivity index (χ0) is 17.9. The zero-order valence-electron chi connectivity index (χ0n) is 14.7. The lowest BCUT2D eigenvalue weighted by Crippen LogP contribution is -2.38. The van der Waals surface area contributed by atoms with Gasteiger partial charge in [-0.3, -0.25) is 18.7 Å². The van der Waals surface area contributed by atoms with Crippen molar-refractivity contribution in [1.82, 2.24) is 19.0 Å². The number of carbonyl (C=O) groups excluding carboxylic acids is 1. The Balaban J connectivity index is 0.00000196. The van der Waals surface area contributed by atoms with Crippen molar-refractivity contribution in [2.24, 2.45) is 31.7 Å². The summed E-state index contributed by atoms with van der Waals surface area (Å²) in [4.78, 5) is 43.2. The number of halogens is 1. The van der Waals surface area contributed by atoms with Gasteiger partial charge < -0.3 is 10.6 Å². The number of rotatable bonds is 1. The summed E-state index contributed by atoms with van der Waals surface area (Å²) < 4.78 is 2.33. The number of hydrogen-bond donors (Lipinski definition) is 1. The molecule has 3 unspecified atom stereocenters. The lowest BCUT2D eigenvalue weighted by atomic mass is 9.98. The normalized spacial score (nSPS) is 24.6. The highest BCUT2D eigenvalue weighted by atomic mass is 35.5. The molecule has 4 rings (SSSR count). The predicted octanol–water partition coefficient (Wildman–Crippen LogP) is -0.137. The molecule has 0 bridgehead atoms. The average molecular weight is 380 g/mol. The van der Waals surface area contributed by atoms with Crippen molar-refractivity contribution >= 4 is 29.3 Å². The molecule has 1 saturated carbocycles. The van der Waals surface area contributed by atoms with Gasteiger partial charge in [0.25, 0.3) is 11.5 Å². The lowest BCUT2D eigenvalue weighted by Gasteiger charge is -2.18. The minimum Gasteiger partial charge on any atom is -0.337 e. The minimum atomic E-state index is -0.462. The van der Waals surface area contributed by atoms with Crippen molar-refractivity contribution in [3.63, 3.8) is 0 Å². The summed E-state index contributed by atoms with van der Waals surface area (Å²) in [5.41, 5.74) is 5.75. The van der Waals surface area contributed by atoms with Crippen LogP contribution >= 0.6 is 12.4 Å². The summed E-state index contributed by atoms with van der Waals surface area (Å²) in [5, 5.41) is 0.321. The van der Waals surface area contributed by atoms with Crippen LogP contribution in [0.15, 0.2) is 21.7 Å². The second-order valence-electron chi connectivity index (χ2n) is 7.15. The molecule has 3 heterocycles. The van der Waals surface area contributed by atoms with Gasteiger partial charge in [-0.2, -0.15) is 0 Å². The third-order valence-corrected chi connectivity index (χ3v) is 5.72. The van der Waals surface area contributed by atoms with Crippen molar-refractivity contribution < 1.29 is 4.79 Å². The maximum atomic E-state index is 12.8. The van der Waals surface area contributed by atoms with Gasteiger partial charge >= 0.3 is 5.69 Å². The van der Waals surface area contributed by atoms with Gasteiger partial charge in [0.05, 0.1) is 5.39 Å². The van der Waals surface area contributed by atoms with Crippen LogP contribution in [0.1, 0.15) is 23.3 Å². The van der Waals surface area contributed by atoms with E-state index in [1.54, 1.807) is 24.1 Å². The fourth-order valence-corrected chi connectivity index (χ4v) is 4.21. The summed E-state index contributed by atoms with van der Waals surface area (Å²) in [6.45, 7) is 1.35. The van der Waals surface area contributed by atoms with Gasteiger partial charge in [0.15, 0.2) is 0 Å². The summed E-state index contributed by atoms with van der Waals surface area (Å²) in [6.07, 6.45) is 2.09. The van der Waals surface area contributed by atoms with Gasteiger partial charge in [-0.15, -0.1) is 12.4 Å². The molecule has 2 aliphatic rings. The first-order valence-electron chi connectivity index (χ1n) is 8.50. The second kappa shape index (κ2) is 6.51. The van der Waals surface area contributed by atoms with Crippen LogP contribution in [0.5, 0.6) is 0 Å². The first kappa shape index (κ1) is 18.6. The van der Waals surface area contributed by atoms with Gasteiger partial charge in [0.1, 0.15) is 11.3 Å². The van der Waals surface area contributed by atoms with Crippen LogP contribution in [0.2, 0.25) is 0 Å². The highest BCUT2D eigenvalue weighted by Gasteiger charge is 2.42. The maximum Gasteiger partial charge on any atom is 0.332 e. The van der Waals surface area contributed by atoms with Crippen molar-refractivity contribution in [1.29, 1.82) is 0 Å².